The molecule has 9 heteroatoms. The van der Waals surface area contributed by atoms with E-state index in [1.165, 1.54) is 13.2 Å². The Bertz CT molecular complexity index is 1470. The van der Waals surface area contributed by atoms with E-state index in [1.54, 1.807) is 32.4 Å². The van der Waals surface area contributed by atoms with E-state index in [1.807, 2.05) is 12.1 Å². The van der Waals surface area contributed by atoms with Gasteiger partial charge < -0.3 is 23.9 Å². The van der Waals surface area contributed by atoms with Crippen LogP contribution in [-0.2, 0) is 19.7 Å². The van der Waals surface area contributed by atoms with Crippen LogP contribution in [-0.4, -0.2) is 58.9 Å². The lowest BCUT2D eigenvalue weighted by atomic mass is 9.81. The summed E-state index contributed by atoms with van der Waals surface area (Å²) in [6, 6.07) is 8.89. The number of carboxylic acid groups (broad SMARTS) is 1. The molecule has 36 heavy (non-hydrogen) atoms. The Morgan fingerprint density at radius 3 is 2.78 bits per heavy atom. The van der Waals surface area contributed by atoms with Crippen molar-refractivity contribution in [2.75, 3.05) is 27.4 Å². The third kappa shape index (κ3) is 3.74. The van der Waals surface area contributed by atoms with Crippen molar-refractivity contribution in [3.8, 4) is 11.4 Å². The molecule has 0 amide bonds. The molecule has 1 fully saturated rings. The molecule has 3 heterocycles. The summed E-state index contributed by atoms with van der Waals surface area (Å²) in [4.78, 5) is 12.0. The van der Waals surface area contributed by atoms with Crippen molar-refractivity contribution in [1.29, 1.82) is 0 Å². The maximum atomic E-state index is 14.4. The van der Waals surface area contributed by atoms with Gasteiger partial charge in [-0.25, -0.2) is 9.18 Å². The Morgan fingerprint density at radius 2 is 2.11 bits per heavy atom. The number of ether oxygens (including phenoxy) is 3. The quantitative estimate of drug-likeness (QED) is 0.377. The first-order valence-electron chi connectivity index (χ1n) is 11.8. The molecule has 1 aliphatic heterocycles. The van der Waals surface area contributed by atoms with Gasteiger partial charge in [0.2, 0.25) is 0 Å². The van der Waals surface area contributed by atoms with Crippen molar-refractivity contribution < 1.29 is 28.5 Å². The topological polar surface area (TPSA) is 98.6 Å². The Kier molecular flexibility index (Phi) is 5.80. The van der Waals surface area contributed by atoms with Gasteiger partial charge in [0.15, 0.2) is 17.2 Å². The molecule has 0 saturated carbocycles. The minimum atomic E-state index is -1.28. The number of nitrogens with zero attached hydrogens (tertiary/aromatic N) is 2. The van der Waals surface area contributed by atoms with E-state index in [0.717, 1.165) is 38.8 Å². The van der Waals surface area contributed by atoms with Crippen molar-refractivity contribution in [2.45, 2.75) is 44.1 Å². The highest BCUT2D eigenvalue weighted by Gasteiger charge is 2.46. The molecule has 1 unspecified atom stereocenters. The van der Waals surface area contributed by atoms with Crippen molar-refractivity contribution in [1.82, 2.24) is 14.8 Å². The highest BCUT2D eigenvalue weighted by molar-refractivity contribution is 5.99. The highest BCUT2D eigenvalue weighted by Crippen LogP contribution is 2.47. The molecule has 0 spiro atoms. The zero-order valence-electron chi connectivity index (χ0n) is 21.0. The van der Waals surface area contributed by atoms with Crippen LogP contribution in [0.3, 0.4) is 0 Å². The second kappa shape index (κ2) is 8.60. The minimum absolute atomic E-state index is 0.137. The summed E-state index contributed by atoms with van der Waals surface area (Å²) in [6.45, 7) is 6.48. The smallest absolute Gasteiger partial charge is 0.335 e. The molecule has 4 aromatic rings. The van der Waals surface area contributed by atoms with Gasteiger partial charge in [0.25, 0.3) is 0 Å². The average molecular weight is 496 g/mol. The molecule has 2 aromatic heterocycles. The fourth-order valence-corrected chi connectivity index (χ4v) is 5.52. The van der Waals surface area contributed by atoms with E-state index in [9.17, 15) is 14.3 Å². The van der Waals surface area contributed by atoms with Crippen LogP contribution in [0.25, 0.3) is 27.5 Å². The average Bonchev–Trinajstić information content (AvgIpc) is 3.53. The summed E-state index contributed by atoms with van der Waals surface area (Å²) in [6.07, 6.45) is 2.09. The van der Waals surface area contributed by atoms with Gasteiger partial charge in [-0.3, -0.25) is 5.10 Å². The van der Waals surface area contributed by atoms with Crippen molar-refractivity contribution in [2.24, 2.45) is 0 Å². The predicted octanol–water partition coefficient (Wildman–Crippen LogP) is 4.93. The number of carboxylic acids is 1. The van der Waals surface area contributed by atoms with Gasteiger partial charge in [-0.05, 0) is 43.2 Å². The monoisotopic (exact) mass is 495 g/mol. The fourth-order valence-electron chi connectivity index (χ4n) is 5.52. The number of methoxy groups -OCH3 is 2. The Hall–Kier alpha value is -3.43. The van der Waals surface area contributed by atoms with Crippen LogP contribution < -0.4 is 4.74 Å². The van der Waals surface area contributed by atoms with Crippen LogP contribution in [0.4, 0.5) is 4.39 Å². The lowest BCUT2D eigenvalue weighted by molar-refractivity contribution is -0.157. The first-order valence-corrected chi connectivity index (χ1v) is 11.8. The summed E-state index contributed by atoms with van der Waals surface area (Å²) >= 11 is 0. The molecule has 190 valence electrons. The molecule has 0 radical (unpaired) electrons. The molecule has 0 aliphatic carbocycles. The largest absolute Gasteiger partial charge is 0.494 e. The molecule has 8 nitrogen and oxygen atoms in total. The van der Waals surface area contributed by atoms with Crippen molar-refractivity contribution in [3.05, 3.63) is 53.6 Å². The zero-order valence-corrected chi connectivity index (χ0v) is 21.0. The van der Waals surface area contributed by atoms with E-state index in [-0.39, 0.29) is 18.3 Å². The SMILES string of the molecule is COCC(C)(C)c1c(C2CO[C@](C)(C(=O)O)C2)c2cc3[nH]ncc3cc2n1-c1ccc(F)c(OC)c1. The third-order valence-electron chi connectivity index (χ3n) is 7.21. The summed E-state index contributed by atoms with van der Waals surface area (Å²) in [5, 5.41) is 19.0. The molecule has 0 bridgehead atoms. The van der Waals surface area contributed by atoms with E-state index in [4.69, 9.17) is 14.2 Å². The third-order valence-corrected chi connectivity index (χ3v) is 7.21. The lowest BCUT2D eigenvalue weighted by Crippen LogP contribution is -2.34. The molecular weight excluding hydrogens is 465 g/mol. The molecule has 5 rings (SSSR count). The molecule has 2 aromatic carbocycles. The van der Waals surface area contributed by atoms with Gasteiger partial charge in [-0.15, -0.1) is 0 Å². The number of fused-ring (bicyclic) bond motifs is 2. The molecule has 2 atom stereocenters. The van der Waals surface area contributed by atoms with E-state index in [0.29, 0.717) is 13.0 Å². The first-order chi connectivity index (χ1) is 17.1. The number of hydrogen-bond acceptors (Lipinski definition) is 5. The van der Waals surface area contributed by atoms with E-state index in [2.05, 4.69) is 28.6 Å². The second-order valence-electron chi connectivity index (χ2n) is 10.3. The number of rotatable bonds is 7. The van der Waals surface area contributed by atoms with Gasteiger partial charge in [0.1, 0.15) is 0 Å². The van der Waals surface area contributed by atoms with Gasteiger partial charge in [0.05, 0.1) is 37.6 Å². The summed E-state index contributed by atoms with van der Waals surface area (Å²) in [7, 11) is 3.10. The Labute approximate surface area is 208 Å². The van der Waals surface area contributed by atoms with E-state index >= 15 is 0 Å². The highest BCUT2D eigenvalue weighted by atomic mass is 19.1. The number of benzene rings is 2. The van der Waals surface area contributed by atoms with Crippen LogP contribution in [0.15, 0.2) is 36.5 Å². The standard InChI is InChI=1S/C27H30FN3O5/c1-26(2,14-34-4)24-23(16-11-27(3,25(32)33)36-13-16)18-10-20-15(12-29-30-20)8-21(18)31(24)17-6-7-19(28)22(9-17)35-5/h6-10,12,16H,11,13-14H2,1-5H3,(H,29,30)(H,32,33)/t16?,27-/m0/s1. The number of hydrogen-bond donors (Lipinski definition) is 2. The van der Waals surface area contributed by atoms with Crippen LogP contribution in [0, 0.1) is 5.82 Å². The molecule has 2 N–H and O–H groups in total. The van der Waals surface area contributed by atoms with E-state index < -0.39 is 22.8 Å². The van der Waals surface area contributed by atoms with Crippen LogP contribution >= 0.6 is 0 Å². The minimum Gasteiger partial charge on any atom is -0.494 e. The molecular formula is C27H30FN3O5. The number of aromatic nitrogens is 3. The predicted molar refractivity (Wildman–Crippen MR) is 134 cm³/mol. The fraction of sp³-hybridized carbons (Fsp3) is 0.407. The number of aliphatic carboxylic acids is 1. The number of nitrogens with one attached hydrogen (secondary N) is 1. The number of H-pyrrole nitrogens is 1. The molecule has 1 aliphatic rings. The molecule has 1 saturated heterocycles. The second-order valence-corrected chi connectivity index (χ2v) is 10.3. The van der Waals surface area contributed by atoms with Gasteiger partial charge in [0, 0.05) is 46.7 Å². The van der Waals surface area contributed by atoms with Crippen molar-refractivity contribution >= 4 is 27.8 Å². The summed E-state index contributed by atoms with van der Waals surface area (Å²) in [5.74, 6) is -1.47. The maximum absolute atomic E-state index is 14.4. The summed E-state index contributed by atoms with van der Waals surface area (Å²) < 4.78 is 33.3. The lowest BCUT2D eigenvalue weighted by Gasteiger charge is -2.29. The van der Waals surface area contributed by atoms with Crippen LogP contribution in [0.2, 0.25) is 0 Å². The normalized spacial score (nSPS) is 20.4. The van der Waals surface area contributed by atoms with Crippen LogP contribution in [0.1, 0.15) is 44.4 Å². The number of aromatic amines is 1. The Balaban J connectivity index is 1.88. The van der Waals surface area contributed by atoms with Crippen molar-refractivity contribution in [3.63, 3.8) is 0 Å². The van der Waals surface area contributed by atoms with Gasteiger partial charge in [-0.2, -0.15) is 5.10 Å². The first kappa shape index (κ1) is 24.3. The number of halogens is 1. The Morgan fingerprint density at radius 1 is 1.33 bits per heavy atom. The maximum Gasteiger partial charge on any atom is 0.335 e. The number of carbonyl (C=O) groups is 1. The van der Waals surface area contributed by atoms with Gasteiger partial charge in [-0.1, -0.05) is 13.8 Å². The zero-order chi connectivity index (χ0) is 25.8. The van der Waals surface area contributed by atoms with Gasteiger partial charge >= 0.3 is 5.97 Å². The van der Waals surface area contributed by atoms with Crippen LogP contribution in [0.5, 0.6) is 5.75 Å². The summed E-state index contributed by atoms with van der Waals surface area (Å²) in [5.41, 5.74) is 2.68.